The molecule has 0 saturated carbocycles. The quantitative estimate of drug-likeness (QED) is 0.643. The minimum Gasteiger partial charge on any atom is -1.00 e. The van der Waals surface area contributed by atoms with Crippen molar-refractivity contribution in [2.45, 2.75) is 58.0 Å². The highest BCUT2D eigenvalue weighted by atomic mass is 79.9. The second kappa shape index (κ2) is 8.54. The summed E-state index contributed by atoms with van der Waals surface area (Å²) in [6.07, 6.45) is 7.74. The van der Waals surface area contributed by atoms with E-state index in [1.54, 1.807) is 0 Å². The van der Waals surface area contributed by atoms with Gasteiger partial charge in [0, 0.05) is 0 Å². The molecule has 0 amide bonds. The van der Waals surface area contributed by atoms with E-state index in [9.17, 15) is 0 Å². The molecule has 2 N–H and O–H groups in total. The lowest BCUT2D eigenvalue weighted by atomic mass is 9.89. The van der Waals surface area contributed by atoms with Crippen LogP contribution in [0.3, 0.4) is 0 Å². The standard InChI is InChI=1S/C12H25NO.BrH/c1-3-5-7-12(8-6-4-2)11-13-9-10-14-12;/h13H,3-11H2,1-2H3;1H. The Bertz CT molecular complexity index is 137. The number of quaternary nitrogens is 1. The fourth-order valence-corrected chi connectivity index (χ4v) is 2.25. The van der Waals surface area contributed by atoms with Gasteiger partial charge in [-0.05, 0) is 12.8 Å². The number of nitrogens with two attached hydrogens (primary N) is 1. The average molecular weight is 280 g/mol. The molecule has 0 aliphatic carbocycles. The summed E-state index contributed by atoms with van der Waals surface area (Å²) >= 11 is 0. The zero-order chi connectivity index (χ0) is 10.3. The van der Waals surface area contributed by atoms with E-state index >= 15 is 0 Å². The Hall–Kier alpha value is 0.400. The lowest BCUT2D eigenvalue weighted by molar-refractivity contribution is -0.686. The van der Waals surface area contributed by atoms with Gasteiger partial charge in [0.1, 0.15) is 12.1 Å². The van der Waals surface area contributed by atoms with Crippen LogP contribution in [0.15, 0.2) is 0 Å². The predicted octanol–water partition coefficient (Wildman–Crippen LogP) is -1.30. The normalized spacial score (nSPS) is 19.6. The highest BCUT2D eigenvalue weighted by Crippen LogP contribution is 2.25. The molecule has 92 valence electrons. The molecule has 1 aliphatic rings. The van der Waals surface area contributed by atoms with Crippen molar-refractivity contribution in [1.82, 2.24) is 0 Å². The van der Waals surface area contributed by atoms with Crippen molar-refractivity contribution in [3.05, 3.63) is 0 Å². The van der Waals surface area contributed by atoms with Gasteiger partial charge < -0.3 is 27.0 Å². The van der Waals surface area contributed by atoms with Crippen LogP contribution in [0.4, 0.5) is 0 Å². The first-order valence-electron chi connectivity index (χ1n) is 6.28. The van der Waals surface area contributed by atoms with Gasteiger partial charge in [0.2, 0.25) is 0 Å². The summed E-state index contributed by atoms with van der Waals surface area (Å²) in [6, 6.07) is 0. The van der Waals surface area contributed by atoms with Crippen LogP contribution in [0.1, 0.15) is 52.4 Å². The summed E-state index contributed by atoms with van der Waals surface area (Å²) in [7, 11) is 0. The topological polar surface area (TPSA) is 25.8 Å². The predicted molar refractivity (Wildman–Crippen MR) is 59.4 cm³/mol. The molecule has 1 heterocycles. The second-order valence-corrected chi connectivity index (χ2v) is 4.52. The Morgan fingerprint density at radius 3 is 2.13 bits per heavy atom. The molecule has 0 atom stereocenters. The fraction of sp³-hybridized carbons (Fsp3) is 1.00. The lowest BCUT2D eigenvalue weighted by Gasteiger charge is -2.35. The van der Waals surface area contributed by atoms with Crippen LogP contribution in [0.25, 0.3) is 0 Å². The molecular weight excluding hydrogens is 254 g/mol. The van der Waals surface area contributed by atoms with E-state index in [4.69, 9.17) is 4.74 Å². The number of ether oxygens (including phenoxy) is 1. The Morgan fingerprint density at radius 2 is 1.73 bits per heavy atom. The Balaban J connectivity index is 0.00000196. The van der Waals surface area contributed by atoms with Gasteiger partial charge in [-0.15, -0.1) is 0 Å². The van der Waals surface area contributed by atoms with E-state index in [1.165, 1.54) is 45.1 Å². The third kappa shape index (κ3) is 5.32. The fourth-order valence-electron chi connectivity index (χ4n) is 2.25. The first kappa shape index (κ1) is 15.4. The van der Waals surface area contributed by atoms with E-state index in [2.05, 4.69) is 19.2 Å². The highest BCUT2D eigenvalue weighted by molar-refractivity contribution is 4.81. The molecular formula is C12H26BrNO. The van der Waals surface area contributed by atoms with Crippen LogP contribution in [0, 0.1) is 0 Å². The summed E-state index contributed by atoms with van der Waals surface area (Å²) in [5.74, 6) is 0. The SMILES string of the molecule is CCCCC1(CCCC)C[NH2+]CCO1.[Br-]. The van der Waals surface area contributed by atoms with Gasteiger partial charge in [-0.25, -0.2) is 0 Å². The van der Waals surface area contributed by atoms with Gasteiger partial charge >= 0.3 is 0 Å². The number of morpholine rings is 1. The number of hydrogen-bond acceptors (Lipinski definition) is 1. The largest absolute Gasteiger partial charge is 1.00 e. The van der Waals surface area contributed by atoms with Gasteiger partial charge in [-0.3, -0.25) is 0 Å². The number of rotatable bonds is 6. The third-order valence-electron chi connectivity index (χ3n) is 3.22. The smallest absolute Gasteiger partial charge is 0.117 e. The van der Waals surface area contributed by atoms with Gasteiger partial charge in [0.25, 0.3) is 0 Å². The number of halogens is 1. The van der Waals surface area contributed by atoms with Crippen LogP contribution in [-0.4, -0.2) is 25.3 Å². The van der Waals surface area contributed by atoms with Gasteiger partial charge in [0.15, 0.2) is 0 Å². The maximum atomic E-state index is 6.04. The Kier molecular flexibility index (Phi) is 8.77. The summed E-state index contributed by atoms with van der Waals surface area (Å²) in [5.41, 5.74) is 0.226. The van der Waals surface area contributed by atoms with Crippen LogP contribution < -0.4 is 22.3 Å². The molecule has 1 fully saturated rings. The second-order valence-electron chi connectivity index (χ2n) is 4.52. The summed E-state index contributed by atoms with van der Waals surface area (Å²) in [6.45, 7) is 7.82. The van der Waals surface area contributed by atoms with Crippen molar-refractivity contribution in [1.29, 1.82) is 0 Å². The molecule has 1 saturated heterocycles. The molecule has 0 aromatic carbocycles. The summed E-state index contributed by atoms with van der Waals surface area (Å²) in [4.78, 5) is 0. The maximum Gasteiger partial charge on any atom is 0.117 e. The van der Waals surface area contributed by atoms with Crippen LogP contribution >= 0.6 is 0 Å². The molecule has 2 nitrogen and oxygen atoms in total. The van der Waals surface area contributed by atoms with Crippen molar-refractivity contribution in [2.75, 3.05) is 19.7 Å². The van der Waals surface area contributed by atoms with Crippen molar-refractivity contribution in [2.24, 2.45) is 0 Å². The molecule has 1 aliphatic heterocycles. The average Bonchev–Trinajstić information content (AvgIpc) is 2.25. The molecule has 15 heavy (non-hydrogen) atoms. The molecule has 0 unspecified atom stereocenters. The molecule has 3 heteroatoms. The van der Waals surface area contributed by atoms with Gasteiger partial charge in [0.05, 0.1) is 13.2 Å². The zero-order valence-corrected chi connectivity index (χ0v) is 11.8. The molecule has 1 rings (SSSR count). The molecule has 0 aromatic rings. The highest BCUT2D eigenvalue weighted by Gasteiger charge is 2.34. The van der Waals surface area contributed by atoms with Crippen LogP contribution in [0.5, 0.6) is 0 Å². The molecule has 0 bridgehead atoms. The van der Waals surface area contributed by atoms with E-state index in [0.29, 0.717) is 0 Å². The molecule has 0 spiro atoms. The number of unbranched alkanes of at least 4 members (excludes halogenated alkanes) is 2. The van der Waals surface area contributed by atoms with Crippen molar-refractivity contribution in [3.8, 4) is 0 Å². The van der Waals surface area contributed by atoms with Crippen LogP contribution in [-0.2, 0) is 4.74 Å². The molecule has 0 aromatic heterocycles. The van der Waals surface area contributed by atoms with Crippen molar-refractivity contribution < 1.29 is 27.0 Å². The van der Waals surface area contributed by atoms with E-state index < -0.39 is 0 Å². The zero-order valence-electron chi connectivity index (χ0n) is 10.2. The van der Waals surface area contributed by atoms with Gasteiger partial charge in [-0.1, -0.05) is 39.5 Å². The number of hydrogen-bond donors (Lipinski definition) is 1. The van der Waals surface area contributed by atoms with Crippen LogP contribution in [0.2, 0.25) is 0 Å². The molecule has 0 radical (unpaired) electrons. The minimum atomic E-state index is 0. The maximum absolute atomic E-state index is 6.04. The van der Waals surface area contributed by atoms with E-state index in [0.717, 1.165) is 13.2 Å². The van der Waals surface area contributed by atoms with Crippen molar-refractivity contribution >= 4 is 0 Å². The first-order chi connectivity index (χ1) is 6.83. The lowest BCUT2D eigenvalue weighted by Crippen LogP contribution is -3.00. The summed E-state index contributed by atoms with van der Waals surface area (Å²) in [5, 5.41) is 2.43. The van der Waals surface area contributed by atoms with E-state index in [1.807, 2.05) is 0 Å². The first-order valence-corrected chi connectivity index (χ1v) is 6.28. The Morgan fingerprint density at radius 1 is 1.13 bits per heavy atom. The van der Waals surface area contributed by atoms with Gasteiger partial charge in [-0.2, -0.15) is 0 Å². The van der Waals surface area contributed by atoms with Crippen molar-refractivity contribution in [3.63, 3.8) is 0 Å². The summed E-state index contributed by atoms with van der Waals surface area (Å²) < 4.78 is 6.04. The van der Waals surface area contributed by atoms with E-state index in [-0.39, 0.29) is 22.6 Å². The minimum absolute atomic E-state index is 0. The third-order valence-corrected chi connectivity index (χ3v) is 3.22. The monoisotopic (exact) mass is 279 g/mol. The Labute approximate surface area is 105 Å².